The molecule has 4 heteroatoms. The van der Waals surface area contributed by atoms with Crippen molar-refractivity contribution >= 4 is 5.82 Å². The van der Waals surface area contributed by atoms with Crippen molar-refractivity contribution in [2.24, 2.45) is 0 Å². The van der Waals surface area contributed by atoms with Crippen molar-refractivity contribution in [3.63, 3.8) is 0 Å². The number of nitrogens with zero attached hydrogens (tertiary/aromatic N) is 3. The molecular weight excluding hydrogens is 188 g/mol. The molecule has 0 aliphatic carbocycles. The highest BCUT2D eigenvalue weighted by Crippen LogP contribution is 2.17. The number of nitrogens with two attached hydrogens (primary N) is 1. The van der Waals surface area contributed by atoms with Gasteiger partial charge in [0, 0.05) is 0 Å². The van der Waals surface area contributed by atoms with Gasteiger partial charge in [0.1, 0.15) is 0 Å². The second kappa shape index (κ2) is 3.73. The largest absolute Gasteiger partial charge is 0.381 e. The lowest BCUT2D eigenvalue weighted by atomic mass is 10.0. The van der Waals surface area contributed by atoms with Crippen LogP contribution in [0.4, 0.5) is 5.82 Å². The number of hydrogen-bond acceptors (Lipinski definition) is 3. The summed E-state index contributed by atoms with van der Waals surface area (Å²) in [6.07, 6.45) is 1.54. The van der Waals surface area contributed by atoms with E-state index in [1.807, 2.05) is 12.1 Å². The first kappa shape index (κ1) is 9.71. The standard InChI is InChI=1S/C11H14N4/c1-8(2)9-4-3-5-10(6-9)15-13-7-11(12)14-15/h3-8H,1-2H3,(H2,12,14). The van der Waals surface area contributed by atoms with Gasteiger partial charge in [-0.1, -0.05) is 26.0 Å². The molecule has 0 spiro atoms. The third kappa shape index (κ3) is 1.98. The molecule has 2 N–H and O–H groups in total. The third-order valence-electron chi connectivity index (χ3n) is 2.28. The number of anilines is 1. The second-order valence-corrected chi connectivity index (χ2v) is 3.81. The topological polar surface area (TPSA) is 56.7 Å². The molecule has 0 unspecified atom stereocenters. The van der Waals surface area contributed by atoms with E-state index < -0.39 is 0 Å². The molecule has 4 nitrogen and oxygen atoms in total. The van der Waals surface area contributed by atoms with Crippen LogP contribution in [-0.4, -0.2) is 15.0 Å². The molecule has 2 aromatic rings. The molecule has 0 bridgehead atoms. The summed E-state index contributed by atoms with van der Waals surface area (Å²) in [6.45, 7) is 4.31. The summed E-state index contributed by atoms with van der Waals surface area (Å²) in [7, 11) is 0. The van der Waals surface area contributed by atoms with E-state index in [4.69, 9.17) is 5.73 Å². The lowest BCUT2D eigenvalue weighted by Crippen LogP contribution is -2.00. The van der Waals surface area contributed by atoms with E-state index in [0.29, 0.717) is 11.7 Å². The number of benzene rings is 1. The van der Waals surface area contributed by atoms with Gasteiger partial charge >= 0.3 is 0 Å². The molecule has 1 aromatic heterocycles. The Bertz CT molecular complexity index is 459. The smallest absolute Gasteiger partial charge is 0.166 e. The molecule has 1 aromatic carbocycles. The van der Waals surface area contributed by atoms with Gasteiger partial charge in [-0.25, -0.2) is 0 Å². The first-order chi connectivity index (χ1) is 7.16. The minimum atomic E-state index is 0.435. The van der Waals surface area contributed by atoms with Crippen molar-refractivity contribution in [3.05, 3.63) is 36.0 Å². The van der Waals surface area contributed by atoms with Gasteiger partial charge in [-0.05, 0) is 23.6 Å². The van der Waals surface area contributed by atoms with Crippen molar-refractivity contribution in [1.82, 2.24) is 15.0 Å². The average Bonchev–Trinajstić information content (AvgIpc) is 2.65. The zero-order valence-electron chi connectivity index (χ0n) is 8.88. The molecular formula is C11H14N4. The summed E-state index contributed by atoms with van der Waals surface area (Å²) in [6, 6.07) is 8.14. The Morgan fingerprint density at radius 1 is 1.33 bits per heavy atom. The Morgan fingerprint density at radius 3 is 2.73 bits per heavy atom. The maximum atomic E-state index is 5.52. The van der Waals surface area contributed by atoms with Crippen LogP contribution in [0.2, 0.25) is 0 Å². The summed E-state index contributed by atoms with van der Waals surface area (Å²) in [5, 5.41) is 8.13. The van der Waals surface area contributed by atoms with E-state index in [0.717, 1.165) is 5.69 Å². The van der Waals surface area contributed by atoms with Gasteiger partial charge in [0.05, 0.1) is 11.9 Å². The predicted molar refractivity (Wildman–Crippen MR) is 59.9 cm³/mol. The monoisotopic (exact) mass is 202 g/mol. The first-order valence-corrected chi connectivity index (χ1v) is 4.95. The molecule has 0 aliphatic rings. The Hall–Kier alpha value is -1.84. The van der Waals surface area contributed by atoms with E-state index in [-0.39, 0.29) is 0 Å². The van der Waals surface area contributed by atoms with Gasteiger partial charge in [0.25, 0.3) is 0 Å². The predicted octanol–water partition coefficient (Wildman–Crippen LogP) is 1.97. The van der Waals surface area contributed by atoms with Crippen molar-refractivity contribution in [1.29, 1.82) is 0 Å². The van der Waals surface area contributed by atoms with Crippen LogP contribution >= 0.6 is 0 Å². The van der Waals surface area contributed by atoms with E-state index in [2.05, 4.69) is 36.2 Å². The maximum Gasteiger partial charge on any atom is 0.166 e. The highest BCUT2D eigenvalue weighted by atomic mass is 15.5. The summed E-state index contributed by atoms with van der Waals surface area (Å²) in [5.41, 5.74) is 7.73. The van der Waals surface area contributed by atoms with Gasteiger partial charge in [0.2, 0.25) is 0 Å². The van der Waals surface area contributed by atoms with Crippen LogP contribution < -0.4 is 5.73 Å². The van der Waals surface area contributed by atoms with Gasteiger partial charge < -0.3 is 5.73 Å². The van der Waals surface area contributed by atoms with Gasteiger partial charge in [0.15, 0.2) is 5.82 Å². The quantitative estimate of drug-likeness (QED) is 0.810. The molecule has 0 saturated heterocycles. The molecule has 15 heavy (non-hydrogen) atoms. The fraction of sp³-hybridized carbons (Fsp3) is 0.273. The van der Waals surface area contributed by atoms with E-state index in [9.17, 15) is 0 Å². The Kier molecular flexibility index (Phi) is 2.41. The lowest BCUT2D eigenvalue weighted by Gasteiger charge is -2.06. The highest BCUT2D eigenvalue weighted by Gasteiger charge is 2.03. The maximum absolute atomic E-state index is 5.52. The van der Waals surface area contributed by atoms with Gasteiger partial charge in [-0.15, -0.1) is 9.90 Å². The molecule has 78 valence electrons. The Morgan fingerprint density at radius 2 is 2.13 bits per heavy atom. The van der Waals surface area contributed by atoms with Crippen LogP contribution in [0.5, 0.6) is 0 Å². The average molecular weight is 202 g/mol. The molecule has 0 radical (unpaired) electrons. The number of aromatic nitrogens is 3. The molecule has 0 fully saturated rings. The van der Waals surface area contributed by atoms with Crippen LogP contribution in [0, 0.1) is 0 Å². The normalized spacial score (nSPS) is 10.9. The van der Waals surface area contributed by atoms with Crippen molar-refractivity contribution in [2.75, 3.05) is 5.73 Å². The minimum Gasteiger partial charge on any atom is -0.381 e. The fourth-order valence-corrected chi connectivity index (χ4v) is 1.41. The zero-order valence-corrected chi connectivity index (χ0v) is 8.88. The summed E-state index contributed by atoms with van der Waals surface area (Å²) in [5.74, 6) is 0.933. The van der Waals surface area contributed by atoms with Crippen molar-refractivity contribution in [3.8, 4) is 5.69 Å². The first-order valence-electron chi connectivity index (χ1n) is 4.95. The van der Waals surface area contributed by atoms with E-state index >= 15 is 0 Å². The number of hydrogen-bond donors (Lipinski definition) is 1. The SMILES string of the molecule is CC(C)c1cccc(-n2ncc(N)n2)c1. The molecule has 0 amide bonds. The molecule has 0 saturated carbocycles. The molecule has 1 heterocycles. The van der Waals surface area contributed by atoms with Gasteiger partial charge in [-0.3, -0.25) is 0 Å². The summed E-state index contributed by atoms with van der Waals surface area (Å²) >= 11 is 0. The minimum absolute atomic E-state index is 0.435. The zero-order chi connectivity index (χ0) is 10.8. The van der Waals surface area contributed by atoms with Crippen LogP contribution in [0.25, 0.3) is 5.69 Å². The number of rotatable bonds is 2. The Balaban J connectivity index is 2.41. The molecule has 0 atom stereocenters. The fourth-order valence-electron chi connectivity index (χ4n) is 1.41. The van der Waals surface area contributed by atoms with E-state index in [1.165, 1.54) is 5.56 Å². The second-order valence-electron chi connectivity index (χ2n) is 3.81. The lowest BCUT2D eigenvalue weighted by molar-refractivity contribution is 0.749. The van der Waals surface area contributed by atoms with Crippen LogP contribution in [0.3, 0.4) is 0 Å². The highest BCUT2D eigenvalue weighted by molar-refractivity contribution is 5.36. The third-order valence-corrected chi connectivity index (χ3v) is 2.28. The van der Waals surface area contributed by atoms with Crippen molar-refractivity contribution in [2.45, 2.75) is 19.8 Å². The molecule has 2 rings (SSSR count). The molecule has 0 aliphatic heterocycles. The Labute approximate surface area is 88.7 Å². The summed E-state index contributed by atoms with van der Waals surface area (Å²) < 4.78 is 0. The van der Waals surface area contributed by atoms with Crippen LogP contribution in [0.1, 0.15) is 25.3 Å². The van der Waals surface area contributed by atoms with Crippen molar-refractivity contribution < 1.29 is 0 Å². The van der Waals surface area contributed by atoms with Gasteiger partial charge in [-0.2, -0.15) is 5.10 Å². The summed E-state index contributed by atoms with van der Waals surface area (Å²) in [4.78, 5) is 1.54. The number of nitrogen functional groups attached to an aromatic ring is 1. The van der Waals surface area contributed by atoms with Crippen LogP contribution in [-0.2, 0) is 0 Å². The van der Waals surface area contributed by atoms with E-state index in [1.54, 1.807) is 11.0 Å². The van der Waals surface area contributed by atoms with Crippen LogP contribution in [0.15, 0.2) is 30.5 Å².